The van der Waals surface area contributed by atoms with Crippen molar-refractivity contribution >= 4 is 33.2 Å². The second-order valence-electron chi connectivity index (χ2n) is 3.43. The van der Waals surface area contributed by atoms with E-state index in [1.165, 1.54) is 6.20 Å². The molecule has 0 atom stereocenters. The lowest BCUT2D eigenvalue weighted by molar-refractivity contribution is 0.102. The molecule has 0 aliphatic heterocycles. The average molecular weight is 296 g/mol. The first kappa shape index (κ1) is 11.6. The minimum atomic E-state index is -0.365. The van der Waals surface area contributed by atoms with E-state index in [1.807, 2.05) is 0 Å². The van der Waals surface area contributed by atoms with Crippen molar-refractivity contribution in [1.29, 1.82) is 0 Å². The molecule has 0 spiro atoms. The average Bonchev–Trinajstić information content (AvgIpc) is 2.63. The molecular weight excluding hydrogens is 286 g/mol. The first-order chi connectivity index (χ1) is 8.08. The molecule has 0 fully saturated rings. The molecule has 17 heavy (non-hydrogen) atoms. The van der Waals surface area contributed by atoms with E-state index in [4.69, 9.17) is 5.73 Å². The number of nitrogens with zero attached hydrogens (tertiary/aromatic N) is 2. The van der Waals surface area contributed by atoms with E-state index in [-0.39, 0.29) is 11.6 Å². The number of nitrogens with two attached hydrogens (primary N) is 1. The van der Waals surface area contributed by atoms with Crippen LogP contribution in [0.5, 0.6) is 0 Å². The molecule has 0 radical (unpaired) electrons. The first-order valence-corrected chi connectivity index (χ1v) is 5.60. The molecule has 2 heterocycles. The van der Waals surface area contributed by atoms with Gasteiger partial charge in [-0.1, -0.05) is 0 Å². The topological polar surface area (TPSA) is 96.7 Å². The van der Waals surface area contributed by atoms with Gasteiger partial charge in [-0.05, 0) is 35.0 Å². The first-order valence-electron chi connectivity index (χ1n) is 4.81. The number of hydrogen-bond donors (Lipinski definition) is 3. The zero-order valence-corrected chi connectivity index (χ0v) is 10.6. The molecule has 1 amide bonds. The molecule has 6 nitrogen and oxygen atoms in total. The number of hydrogen-bond acceptors (Lipinski definition) is 4. The number of nitrogens with one attached hydrogen (secondary N) is 2. The molecule has 2 aromatic heterocycles. The Bertz CT molecular complexity index is 548. The lowest BCUT2D eigenvalue weighted by atomic mass is 10.3. The summed E-state index contributed by atoms with van der Waals surface area (Å²) in [5.74, 6) is -0.365. The van der Waals surface area contributed by atoms with Crippen LogP contribution in [0, 0.1) is 6.92 Å². The smallest absolute Gasteiger partial charge is 0.278 e. The third-order valence-electron chi connectivity index (χ3n) is 2.19. The number of aromatic amines is 1. The highest BCUT2D eigenvalue weighted by molar-refractivity contribution is 9.10. The summed E-state index contributed by atoms with van der Waals surface area (Å²) < 4.78 is 0.700. The zero-order valence-electron chi connectivity index (χ0n) is 8.99. The molecule has 0 aromatic carbocycles. The fourth-order valence-electron chi connectivity index (χ4n) is 1.25. The predicted molar refractivity (Wildman–Crippen MR) is 67.6 cm³/mol. The second kappa shape index (κ2) is 4.54. The van der Waals surface area contributed by atoms with Crippen molar-refractivity contribution in [1.82, 2.24) is 15.2 Å². The van der Waals surface area contributed by atoms with Crippen LogP contribution in [0.2, 0.25) is 0 Å². The van der Waals surface area contributed by atoms with Gasteiger partial charge in [-0.15, -0.1) is 0 Å². The Balaban J connectivity index is 2.17. The highest BCUT2D eigenvalue weighted by Crippen LogP contribution is 2.15. The van der Waals surface area contributed by atoms with Gasteiger partial charge < -0.3 is 11.1 Å². The fraction of sp³-hybridized carbons (Fsp3) is 0.100. The minimum absolute atomic E-state index is 0.186. The number of amides is 1. The quantitative estimate of drug-likeness (QED) is 0.735. The van der Waals surface area contributed by atoms with Crippen molar-refractivity contribution in [2.45, 2.75) is 6.92 Å². The van der Waals surface area contributed by atoms with Gasteiger partial charge in [0.2, 0.25) is 0 Å². The van der Waals surface area contributed by atoms with E-state index < -0.39 is 0 Å². The zero-order chi connectivity index (χ0) is 12.4. The molecule has 0 saturated carbocycles. The van der Waals surface area contributed by atoms with Gasteiger partial charge in [0.05, 0.1) is 23.3 Å². The van der Waals surface area contributed by atoms with Gasteiger partial charge in [-0.3, -0.25) is 9.89 Å². The van der Waals surface area contributed by atoms with Crippen LogP contribution in [0.1, 0.15) is 16.2 Å². The Kier molecular flexibility index (Phi) is 3.10. The lowest BCUT2D eigenvalue weighted by Crippen LogP contribution is -2.14. The molecule has 0 bridgehead atoms. The van der Waals surface area contributed by atoms with Crippen molar-refractivity contribution in [3.8, 4) is 0 Å². The Labute approximate surface area is 106 Å². The predicted octanol–water partition coefficient (Wildman–Crippen LogP) is 1.71. The van der Waals surface area contributed by atoms with E-state index in [2.05, 4.69) is 36.4 Å². The summed E-state index contributed by atoms with van der Waals surface area (Å²) in [6.07, 6.45) is 1.54. The molecule has 88 valence electrons. The number of pyridine rings is 1. The third kappa shape index (κ3) is 2.44. The maximum absolute atomic E-state index is 11.8. The minimum Gasteiger partial charge on any atom is -0.395 e. The summed E-state index contributed by atoms with van der Waals surface area (Å²) in [5.41, 5.74) is 7.50. The van der Waals surface area contributed by atoms with Gasteiger partial charge in [0.25, 0.3) is 5.91 Å². The highest BCUT2D eigenvalue weighted by Gasteiger charge is 2.15. The Morgan fingerprint density at radius 1 is 1.53 bits per heavy atom. The normalized spacial score (nSPS) is 10.2. The Hall–Kier alpha value is -1.89. The van der Waals surface area contributed by atoms with Crippen LogP contribution < -0.4 is 11.1 Å². The van der Waals surface area contributed by atoms with Crippen molar-refractivity contribution in [3.05, 3.63) is 34.3 Å². The van der Waals surface area contributed by atoms with Gasteiger partial charge in [-0.2, -0.15) is 5.10 Å². The number of rotatable bonds is 2. The largest absolute Gasteiger partial charge is 0.395 e. The Morgan fingerprint density at radius 2 is 2.29 bits per heavy atom. The SMILES string of the molecule is Cc1[nH]nc(C(=O)Nc2ccc(Br)nc2)c1N. The number of aryl methyl sites for hydroxylation is 1. The number of nitrogen functional groups attached to an aromatic ring is 1. The van der Waals surface area contributed by atoms with Crippen LogP contribution in [0.3, 0.4) is 0 Å². The standard InChI is InChI=1S/C10H10BrN5O/c1-5-8(12)9(16-15-5)10(17)14-6-2-3-7(11)13-4-6/h2-4H,12H2,1H3,(H,14,17)(H,15,16). The molecule has 0 aliphatic carbocycles. The second-order valence-corrected chi connectivity index (χ2v) is 4.25. The molecule has 0 saturated heterocycles. The summed E-state index contributed by atoms with van der Waals surface area (Å²) in [6, 6.07) is 3.46. The van der Waals surface area contributed by atoms with Gasteiger partial charge in [-0.25, -0.2) is 4.98 Å². The van der Waals surface area contributed by atoms with E-state index in [1.54, 1.807) is 19.1 Å². The summed E-state index contributed by atoms with van der Waals surface area (Å²) in [6.45, 7) is 1.75. The van der Waals surface area contributed by atoms with Crippen LogP contribution >= 0.6 is 15.9 Å². The molecular formula is C10H10BrN5O. The molecule has 0 unspecified atom stereocenters. The van der Waals surface area contributed by atoms with Gasteiger partial charge in [0.15, 0.2) is 5.69 Å². The number of halogens is 1. The molecule has 0 aliphatic rings. The van der Waals surface area contributed by atoms with Gasteiger partial charge >= 0.3 is 0 Å². The Morgan fingerprint density at radius 3 is 2.82 bits per heavy atom. The van der Waals surface area contributed by atoms with Crippen LogP contribution in [-0.4, -0.2) is 21.1 Å². The van der Waals surface area contributed by atoms with E-state index in [0.29, 0.717) is 21.7 Å². The molecule has 2 rings (SSSR count). The summed E-state index contributed by atoms with van der Waals surface area (Å²) in [7, 11) is 0. The van der Waals surface area contributed by atoms with Crippen LogP contribution in [0.25, 0.3) is 0 Å². The van der Waals surface area contributed by atoms with Crippen LogP contribution in [0.15, 0.2) is 22.9 Å². The number of aromatic nitrogens is 3. The monoisotopic (exact) mass is 295 g/mol. The van der Waals surface area contributed by atoms with Crippen molar-refractivity contribution in [3.63, 3.8) is 0 Å². The molecule has 7 heteroatoms. The van der Waals surface area contributed by atoms with Gasteiger partial charge in [0.1, 0.15) is 4.60 Å². The highest BCUT2D eigenvalue weighted by atomic mass is 79.9. The summed E-state index contributed by atoms with van der Waals surface area (Å²) in [5, 5.41) is 9.15. The maximum atomic E-state index is 11.8. The number of H-pyrrole nitrogens is 1. The van der Waals surface area contributed by atoms with Crippen molar-refractivity contribution in [2.24, 2.45) is 0 Å². The number of carbonyl (C=O) groups is 1. The van der Waals surface area contributed by atoms with E-state index in [0.717, 1.165) is 0 Å². The summed E-state index contributed by atoms with van der Waals surface area (Å²) in [4.78, 5) is 15.8. The number of carbonyl (C=O) groups excluding carboxylic acids is 1. The lowest BCUT2D eigenvalue weighted by Gasteiger charge is -2.03. The van der Waals surface area contributed by atoms with Crippen LogP contribution in [-0.2, 0) is 0 Å². The van der Waals surface area contributed by atoms with Crippen LogP contribution in [0.4, 0.5) is 11.4 Å². The van der Waals surface area contributed by atoms with E-state index in [9.17, 15) is 4.79 Å². The van der Waals surface area contributed by atoms with Crippen molar-refractivity contribution < 1.29 is 4.79 Å². The van der Waals surface area contributed by atoms with Gasteiger partial charge in [0, 0.05) is 0 Å². The summed E-state index contributed by atoms with van der Waals surface area (Å²) >= 11 is 3.21. The maximum Gasteiger partial charge on any atom is 0.278 e. The van der Waals surface area contributed by atoms with Crippen molar-refractivity contribution in [2.75, 3.05) is 11.1 Å². The number of anilines is 2. The fourth-order valence-corrected chi connectivity index (χ4v) is 1.49. The molecule has 2 aromatic rings. The van der Waals surface area contributed by atoms with E-state index >= 15 is 0 Å². The molecule has 4 N–H and O–H groups in total. The third-order valence-corrected chi connectivity index (χ3v) is 2.66.